The van der Waals surface area contributed by atoms with Gasteiger partial charge in [0, 0.05) is 38.5 Å². The molecule has 3 heterocycles. The number of aromatic amines is 1. The number of hydrogen-bond acceptors (Lipinski definition) is 7. The number of rotatable bonds is 7. The first-order chi connectivity index (χ1) is 15.0. The van der Waals surface area contributed by atoms with Crippen molar-refractivity contribution in [2.45, 2.75) is 6.42 Å². The van der Waals surface area contributed by atoms with Crippen LogP contribution in [0.1, 0.15) is 31.8 Å². The molecule has 1 aromatic heterocycles. The minimum Gasteiger partial charge on any atom is -0.328 e. The van der Waals surface area contributed by atoms with E-state index < -0.39 is 21.7 Å². The maximum Gasteiger partial charge on any atom is 0.261 e. The Balaban J connectivity index is 1.52. The Hall–Kier alpha value is -2.82. The van der Waals surface area contributed by atoms with Gasteiger partial charge >= 0.3 is 0 Å². The molecule has 2 aliphatic heterocycles. The SMILES string of the molecule is CN(CCN1C(=O)c2cc3c(cc2C1=O)N=C(c1c(Cl)cc[nH]c1=O)C3)CCS(C)(=O)=O. The smallest absolute Gasteiger partial charge is 0.261 e. The number of aromatic nitrogens is 1. The Morgan fingerprint density at radius 1 is 1.16 bits per heavy atom. The summed E-state index contributed by atoms with van der Waals surface area (Å²) in [6, 6.07) is 4.80. The third-order valence-corrected chi connectivity index (χ3v) is 6.77. The van der Waals surface area contributed by atoms with Gasteiger partial charge in [0.2, 0.25) is 0 Å². The lowest BCUT2D eigenvalue weighted by Gasteiger charge is -2.20. The van der Waals surface area contributed by atoms with Gasteiger partial charge in [0.1, 0.15) is 9.84 Å². The molecule has 2 aliphatic rings. The summed E-state index contributed by atoms with van der Waals surface area (Å²) >= 11 is 6.17. The summed E-state index contributed by atoms with van der Waals surface area (Å²) in [6.45, 7) is 0.827. The van der Waals surface area contributed by atoms with Gasteiger partial charge in [-0.05, 0) is 30.8 Å². The molecule has 1 N–H and O–H groups in total. The average Bonchev–Trinajstić information content (AvgIpc) is 3.21. The van der Waals surface area contributed by atoms with Crippen molar-refractivity contribution < 1.29 is 18.0 Å². The number of sulfone groups is 1. The minimum absolute atomic E-state index is 0.00689. The number of H-pyrrole nitrogens is 1. The monoisotopic (exact) mass is 476 g/mol. The van der Waals surface area contributed by atoms with Crippen molar-refractivity contribution in [3.63, 3.8) is 0 Å². The Bertz CT molecular complexity index is 1330. The van der Waals surface area contributed by atoms with Crippen LogP contribution < -0.4 is 5.56 Å². The molecule has 0 fully saturated rings. The summed E-state index contributed by atoms with van der Waals surface area (Å²) in [6.07, 6.45) is 2.95. The molecule has 0 unspecified atom stereocenters. The molecule has 168 valence electrons. The Labute approximate surface area is 189 Å². The fraction of sp³-hybridized carbons (Fsp3) is 0.333. The first-order valence-electron chi connectivity index (χ1n) is 9.89. The summed E-state index contributed by atoms with van der Waals surface area (Å²) in [4.78, 5) is 47.9. The predicted octanol–water partition coefficient (Wildman–Crippen LogP) is 1.28. The third-order valence-electron chi connectivity index (χ3n) is 5.53. The van der Waals surface area contributed by atoms with Crippen molar-refractivity contribution in [1.82, 2.24) is 14.8 Å². The summed E-state index contributed by atoms with van der Waals surface area (Å²) in [5.41, 5.74) is 2.26. The zero-order valence-electron chi connectivity index (χ0n) is 17.5. The Morgan fingerprint density at radius 2 is 1.84 bits per heavy atom. The van der Waals surface area contributed by atoms with E-state index in [0.717, 1.165) is 5.56 Å². The molecule has 0 bridgehead atoms. The van der Waals surface area contributed by atoms with E-state index in [-0.39, 0.29) is 34.0 Å². The molecule has 9 nitrogen and oxygen atoms in total. The van der Waals surface area contributed by atoms with Gasteiger partial charge in [0.25, 0.3) is 17.4 Å². The minimum atomic E-state index is -3.09. The number of pyridine rings is 1. The van der Waals surface area contributed by atoms with Crippen LogP contribution in [0, 0.1) is 0 Å². The van der Waals surface area contributed by atoms with E-state index in [4.69, 9.17) is 11.6 Å². The van der Waals surface area contributed by atoms with Gasteiger partial charge in [-0.15, -0.1) is 0 Å². The molecular weight excluding hydrogens is 456 g/mol. The van der Waals surface area contributed by atoms with Crippen LogP contribution in [0.5, 0.6) is 0 Å². The number of nitrogens with one attached hydrogen (secondary N) is 1. The first-order valence-corrected chi connectivity index (χ1v) is 12.3. The molecule has 0 spiro atoms. The number of carbonyl (C=O) groups is 2. The van der Waals surface area contributed by atoms with Crippen molar-refractivity contribution >= 4 is 44.7 Å². The highest BCUT2D eigenvalue weighted by Crippen LogP contribution is 2.35. The number of benzene rings is 1. The van der Waals surface area contributed by atoms with Gasteiger partial charge in [-0.1, -0.05) is 11.6 Å². The van der Waals surface area contributed by atoms with Gasteiger partial charge < -0.3 is 9.88 Å². The number of hydrogen-bond donors (Lipinski definition) is 1. The molecule has 2 aromatic rings. The molecule has 4 rings (SSSR count). The molecular formula is C21H21ClN4O5S. The number of carbonyl (C=O) groups excluding carboxylic acids is 2. The van der Waals surface area contributed by atoms with E-state index in [1.807, 2.05) is 0 Å². The predicted molar refractivity (Wildman–Crippen MR) is 121 cm³/mol. The van der Waals surface area contributed by atoms with Crippen LogP contribution in [0.2, 0.25) is 5.02 Å². The lowest BCUT2D eigenvalue weighted by atomic mass is 10.0. The summed E-state index contributed by atoms with van der Waals surface area (Å²) < 4.78 is 22.6. The highest BCUT2D eigenvalue weighted by Gasteiger charge is 2.37. The first kappa shape index (κ1) is 22.4. The lowest BCUT2D eigenvalue weighted by Crippen LogP contribution is -2.38. The van der Waals surface area contributed by atoms with Crippen molar-refractivity contribution in [2.24, 2.45) is 4.99 Å². The number of aliphatic imine (C=N–C) groups is 1. The Kier molecular flexibility index (Phi) is 5.78. The van der Waals surface area contributed by atoms with Gasteiger partial charge in [0.05, 0.1) is 38.9 Å². The van der Waals surface area contributed by atoms with E-state index in [1.165, 1.54) is 17.4 Å². The summed E-state index contributed by atoms with van der Waals surface area (Å²) in [7, 11) is -1.35. The quantitative estimate of drug-likeness (QED) is 0.601. The number of halogens is 1. The fourth-order valence-corrected chi connectivity index (χ4v) is 4.66. The molecule has 0 aliphatic carbocycles. The highest BCUT2D eigenvalue weighted by molar-refractivity contribution is 7.90. The highest BCUT2D eigenvalue weighted by atomic mass is 35.5. The summed E-state index contributed by atoms with van der Waals surface area (Å²) in [5.74, 6) is -0.802. The van der Waals surface area contributed by atoms with Gasteiger partial charge in [-0.2, -0.15) is 0 Å². The number of fused-ring (bicyclic) bond motifs is 2. The van der Waals surface area contributed by atoms with Crippen molar-refractivity contribution in [1.29, 1.82) is 0 Å². The second-order valence-electron chi connectivity index (χ2n) is 7.99. The van der Waals surface area contributed by atoms with E-state index in [2.05, 4.69) is 9.98 Å². The molecule has 32 heavy (non-hydrogen) atoms. The van der Waals surface area contributed by atoms with Crippen LogP contribution in [0.3, 0.4) is 0 Å². The molecule has 1 aromatic carbocycles. The van der Waals surface area contributed by atoms with E-state index in [1.54, 1.807) is 30.1 Å². The number of amides is 2. The standard InChI is InChI=1S/C21H21ClN4O5S/c1-25(7-8-32(2,30)31)5-6-26-20(28)13-9-12-10-17(18-15(22)3-4-23-19(18)27)24-16(12)11-14(13)21(26)29/h3-4,9,11H,5-8,10H2,1-2H3,(H,23,27). The lowest BCUT2D eigenvalue weighted by molar-refractivity contribution is 0.0642. The Morgan fingerprint density at radius 3 is 2.50 bits per heavy atom. The van der Waals surface area contributed by atoms with Crippen LogP contribution in [-0.4, -0.2) is 79.4 Å². The van der Waals surface area contributed by atoms with Crippen LogP contribution in [0.25, 0.3) is 0 Å². The van der Waals surface area contributed by atoms with Crippen molar-refractivity contribution in [3.05, 3.63) is 62.0 Å². The molecule has 0 saturated heterocycles. The molecule has 0 saturated carbocycles. The van der Waals surface area contributed by atoms with Gasteiger partial charge in [-0.3, -0.25) is 24.3 Å². The van der Waals surface area contributed by atoms with Crippen LogP contribution in [0.15, 0.2) is 34.2 Å². The average molecular weight is 477 g/mol. The van der Waals surface area contributed by atoms with Crippen LogP contribution in [0.4, 0.5) is 5.69 Å². The van der Waals surface area contributed by atoms with Gasteiger partial charge in [0.15, 0.2) is 0 Å². The molecule has 2 amide bonds. The second kappa shape index (κ2) is 8.27. The van der Waals surface area contributed by atoms with Crippen LogP contribution in [-0.2, 0) is 16.3 Å². The van der Waals surface area contributed by atoms with E-state index >= 15 is 0 Å². The number of likely N-dealkylation sites (N-methyl/N-ethyl adjacent to an activating group) is 1. The second-order valence-corrected chi connectivity index (χ2v) is 10.7. The fourth-order valence-electron chi connectivity index (χ4n) is 3.76. The zero-order chi connectivity index (χ0) is 23.2. The third kappa shape index (κ3) is 4.25. The van der Waals surface area contributed by atoms with E-state index in [9.17, 15) is 22.8 Å². The topological polar surface area (TPSA) is 120 Å². The molecule has 11 heteroatoms. The van der Waals surface area contributed by atoms with Crippen molar-refractivity contribution in [2.75, 3.05) is 38.7 Å². The molecule has 0 radical (unpaired) electrons. The number of imide groups is 1. The maximum absolute atomic E-state index is 12.9. The summed E-state index contributed by atoms with van der Waals surface area (Å²) in [5, 5.41) is 0.283. The molecule has 0 atom stereocenters. The van der Waals surface area contributed by atoms with E-state index in [0.29, 0.717) is 36.5 Å². The van der Waals surface area contributed by atoms with Gasteiger partial charge in [-0.25, -0.2) is 8.42 Å². The zero-order valence-corrected chi connectivity index (χ0v) is 19.1. The normalized spacial score (nSPS) is 15.4. The number of nitrogens with zero attached hydrogens (tertiary/aromatic N) is 3. The largest absolute Gasteiger partial charge is 0.328 e. The maximum atomic E-state index is 12.9. The van der Waals surface area contributed by atoms with Crippen molar-refractivity contribution in [3.8, 4) is 0 Å². The van der Waals surface area contributed by atoms with Crippen LogP contribution >= 0.6 is 11.6 Å².